The summed E-state index contributed by atoms with van der Waals surface area (Å²) < 4.78 is 25.2. The number of nitrogens with zero attached hydrogens (tertiary/aromatic N) is 2. The van der Waals surface area contributed by atoms with Gasteiger partial charge >= 0.3 is 0 Å². The van der Waals surface area contributed by atoms with Gasteiger partial charge in [-0.2, -0.15) is 9.57 Å². The Bertz CT molecular complexity index is 348. The maximum atomic E-state index is 11.8. The Balaban J connectivity index is 2.70. The van der Waals surface area contributed by atoms with E-state index in [1.54, 1.807) is 6.07 Å². The Morgan fingerprint density at radius 2 is 2.25 bits per heavy atom. The zero-order valence-corrected chi connectivity index (χ0v) is 10.5. The van der Waals surface area contributed by atoms with Gasteiger partial charge in [0.05, 0.1) is 6.07 Å². The van der Waals surface area contributed by atoms with Gasteiger partial charge in [-0.3, -0.25) is 0 Å². The Hall–Kier alpha value is -0.640. The number of rotatable bonds is 5. The first-order valence-corrected chi connectivity index (χ1v) is 7.24. The van der Waals surface area contributed by atoms with Crippen molar-refractivity contribution < 1.29 is 8.42 Å². The van der Waals surface area contributed by atoms with Crippen LogP contribution in [0.2, 0.25) is 0 Å². The first-order chi connectivity index (χ1) is 7.61. The van der Waals surface area contributed by atoms with Crippen LogP contribution in [-0.4, -0.2) is 44.7 Å². The monoisotopic (exact) mass is 245 g/mol. The van der Waals surface area contributed by atoms with Crippen molar-refractivity contribution in [1.82, 2.24) is 9.62 Å². The summed E-state index contributed by atoms with van der Waals surface area (Å²) in [5, 5.41) is 11.6. The van der Waals surface area contributed by atoms with Gasteiger partial charge in [0.2, 0.25) is 10.0 Å². The minimum atomic E-state index is -3.37. The second-order valence-electron chi connectivity index (χ2n) is 4.07. The average Bonchev–Trinajstić information content (AvgIpc) is 2.26. The molecule has 0 aromatic heterocycles. The lowest BCUT2D eigenvalue weighted by Crippen LogP contribution is -2.45. The van der Waals surface area contributed by atoms with Crippen molar-refractivity contribution in [2.24, 2.45) is 0 Å². The normalized spacial score (nSPS) is 22.9. The SMILES string of the molecule is CNCCC1CCCCN1S(=O)(=O)CC#N. The first kappa shape index (κ1) is 13.4. The van der Waals surface area contributed by atoms with Gasteiger partial charge in [0.15, 0.2) is 5.75 Å². The molecule has 1 N–H and O–H groups in total. The minimum Gasteiger partial charge on any atom is -0.320 e. The van der Waals surface area contributed by atoms with Crippen LogP contribution < -0.4 is 5.32 Å². The van der Waals surface area contributed by atoms with Crippen molar-refractivity contribution in [2.45, 2.75) is 31.7 Å². The van der Waals surface area contributed by atoms with E-state index in [2.05, 4.69) is 5.32 Å². The highest BCUT2D eigenvalue weighted by Gasteiger charge is 2.31. The van der Waals surface area contributed by atoms with E-state index < -0.39 is 15.8 Å². The van der Waals surface area contributed by atoms with Gasteiger partial charge in [0.25, 0.3) is 0 Å². The lowest BCUT2D eigenvalue weighted by molar-refractivity contribution is 0.241. The van der Waals surface area contributed by atoms with Crippen LogP contribution in [0.25, 0.3) is 0 Å². The fourth-order valence-electron chi connectivity index (χ4n) is 2.10. The first-order valence-electron chi connectivity index (χ1n) is 5.63. The van der Waals surface area contributed by atoms with Crippen molar-refractivity contribution in [3.8, 4) is 6.07 Å². The summed E-state index contributed by atoms with van der Waals surface area (Å²) in [6.45, 7) is 1.38. The standard InChI is InChI=1S/C10H19N3O2S/c1-12-7-5-10-4-2-3-8-13(10)16(14,15)9-6-11/h10,12H,2-5,7-9H2,1H3. The molecule has 1 fully saturated rings. The third-order valence-electron chi connectivity index (χ3n) is 2.90. The fraction of sp³-hybridized carbons (Fsp3) is 0.900. The molecule has 0 radical (unpaired) electrons. The summed E-state index contributed by atoms with van der Waals surface area (Å²) in [6, 6.07) is 1.81. The van der Waals surface area contributed by atoms with E-state index in [9.17, 15) is 8.42 Å². The van der Waals surface area contributed by atoms with Gasteiger partial charge in [-0.15, -0.1) is 0 Å². The topological polar surface area (TPSA) is 73.2 Å². The molecule has 5 nitrogen and oxygen atoms in total. The second kappa shape index (κ2) is 6.18. The smallest absolute Gasteiger partial charge is 0.227 e. The van der Waals surface area contributed by atoms with E-state index in [0.717, 1.165) is 32.2 Å². The molecule has 0 amide bonds. The summed E-state index contributed by atoms with van der Waals surface area (Å²) in [5.74, 6) is -0.400. The van der Waals surface area contributed by atoms with Gasteiger partial charge in [-0.25, -0.2) is 8.42 Å². The molecule has 1 rings (SSSR count). The molecule has 0 aliphatic carbocycles. The number of nitriles is 1. The van der Waals surface area contributed by atoms with Gasteiger partial charge in [-0.05, 0) is 32.9 Å². The van der Waals surface area contributed by atoms with Crippen molar-refractivity contribution >= 4 is 10.0 Å². The van der Waals surface area contributed by atoms with E-state index in [1.165, 1.54) is 4.31 Å². The molecule has 92 valence electrons. The molecule has 0 saturated carbocycles. The molecular formula is C10H19N3O2S. The molecule has 1 atom stereocenters. The summed E-state index contributed by atoms with van der Waals surface area (Å²) in [4.78, 5) is 0. The van der Waals surface area contributed by atoms with Crippen LogP contribution in [0.15, 0.2) is 0 Å². The Kier molecular flexibility index (Phi) is 5.19. The maximum Gasteiger partial charge on any atom is 0.227 e. The predicted molar refractivity (Wildman–Crippen MR) is 62.3 cm³/mol. The molecule has 1 saturated heterocycles. The van der Waals surface area contributed by atoms with Crippen molar-refractivity contribution in [3.63, 3.8) is 0 Å². The molecule has 0 bridgehead atoms. The van der Waals surface area contributed by atoms with Gasteiger partial charge < -0.3 is 5.32 Å². The molecule has 1 unspecified atom stereocenters. The zero-order valence-electron chi connectivity index (χ0n) is 9.65. The summed E-state index contributed by atoms with van der Waals surface area (Å²) >= 11 is 0. The Morgan fingerprint density at radius 3 is 2.88 bits per heavy atom. The number of hydrogen-bond acceptors (Lipinski definition) is 4. The second-order valence-corrected chi connectivity index (χ2v) is 5.99. The van der Waals surface area contributed by atoms with E-state index >= 15 is 0 Å². The fourth-order valence-corrected chi connectivity index (χ4v) is 3.51. The summed E-state index contributed by atoms with van der Waals surface area (Å²) in [6.07, 6.45) is 3.71. The highest BCUT2D eigenvalue weighted by molar-refractivity contribution is 7.89. The summed E-state index contributed by atoms with van der Waals surface area (Å²) in [7, 11) is -1.51. The van der Waals surface area contributed by atoms with Crippen LogP contribution in [0.1, 0.15) is 25.7 Å². The van der Waals surface area contributed by atoms with Crippen LogP contribution >= 0.6 is 0 Å². The van der Waals surface area contributed by atoms with Gasteiger partial charge in [-0.1, -0.05) is 6.42 Å². The third kappa shape index (κ3) is 3.44. The van der Waals surface area contributed by atoms with E-state index in [4.69, 9.17) is 5.26 Å². The van der Waals surface area contributed by atoms with Gasteiger partial charge in [0, 0.05) is 12.6 Å². The third-order valence-corrected chi connectivity index (χ3v) is 4.59. The minimum absolute atomic E-state index is 0.0690. The average molecular weight is 245 g/mol. The summed E-state index contributed by atoms with van der Waals surface area (Å²) in [5.41, 5.74) is 0. The highest BCUT2D eigenvalue weighted by atomic mass is 32.2. The molecule has 1 aliphatic rings. The van der Waals surface area contributed by atoms with Crippen molar-refractivity contribution in [3.05, 3.63) is 0 Å². The number of nitrogens with one attached hydrogen (secondary N) is 1. The highest BCUT2D eigenvalue weighted by Crippen LogP contribution is 2.22. The van der Waals surface area contributed by atoms with Crippen LogP contribution in [0.4, 0.5) is 0 Å². The van der Waals surface area contributed by atoms with Crippen LogP contribution in [-0.2, 0) is 10.0 Å². The van der Waals surface area contributed by atoms with E-state index in [-0.39, 0.29) is 6.04 Å². The van der Waals surface area contributed by atoms with Crippen molar-refractivity contribution in [1.29, 1.82) is 5.26 Å². The number of piperidine rings is 1. The quantitative estimate of drug-likeness (QED) is 0.756. The van der Waals surface area contributed by atoms with Crippen LogP contribution in [0.5, 0.6) is 0 Å². The molecule has 0 aromatic rings. The molecule has 0 aromatic carbocycles. The lowest BCUT2D eigenvalue weighted by atomic mass is 10.0. The molecule has 1 heterocycles. The van der Waals surface area contributed by atoms with Gasteiger partial charge in [0.1, 0.15) is 0 Å². The number of sulfonamides is 1. The van der Waals surface area contributed by atoms with Crippen molar-refractivity contribution in [2.75, 3.05) is 25.9 Å². The Morgan fingerprint density at radius 1 is 1.50 bits per heavy atom. The van der Waals surface area contributed by atoms with Crippen LogP contribution in [0.3, 0.4) is 0 Å². The molecule has 6 heteroatoms. The molecule has 16 heavy (non-hydrogen) atoms. The largest absolute Gasteiger partial charge is 0.320 e. The molecule has 0 spiro atoms. The lowest BCUT2D eigenvalue weighted by Gasteiger charge is -2.34. The van der Waals surface area contributed by atoms with E-state index in [0.29, 0.717) is 6.54 Å². The Labute approximate surface area is 97.5 Å². The van der Waals surface area contributed by atoms with E-state index in [1.807, 2.05) is 7.05 Å². The maximum absolute atomic E-state index is 11.8. The predicted octanol–water partition coefficient (Wildman–Crippen LogP) is 0.304. The zero-order chi connectivity index (χ0) is 12.0. The van der Waals surface area contributed by atoms with Crippen LogP contribution in [0, 0.1) is 11.3 Å². The molecule has 1 aliphatic heterocycles. The molecular weight excluding hydrogens is 226 g/mol. The number of hydrogen-bond donors (Lipinski definition) is 1.